The van der Waals surface area contributed by atoms with Crippen LogP contribution in [0.25, 0.3) is 0 Å². The maximum absolute atomic E-state index is 7.76. The van der Waals surface area contributed by atoms with E-state index >= 15 is 0 Å². The molecular weight excluding hydrogens is 174 g/mol. The van der Waals surface area contributed by atoms with Crippen LogP contribution in [0.15, 0.2) is 12.7 Å². The molecular formula is C3H6OSb. The zero-order chi connectivity index (χ0) is 3.41. The zero-order valence-corrected chi connectivity index (χ0v) is 5.44. The van der Waals surface area contributed by atoms with Gasteiger partial charge in [-0.1, -0.05) is 6.08 Å². The Hall–Kier alpha value is 0.518. The predicted molar refractivity (Wildman–Crippen MR) is 23.0 cm³/mol. The molecule has 1 N–H and O–H groups in total. The summed E-state index contributed by atoms with van der Waals surface area (Å²) in [6, 6.07) is 0. The van der Waals surface area contributed by atoms with Gasteiger partial charge in [-0.25, -0.2) is 0 Å². The van der Waals surface area contributed by atoms with Gasteiger partial charge in [-0.2, -0.15) is 0 Å². The molecule has 0 aliphatic rings. The van der Waals surface area contributed by atoms with Crippen LogP contribution in [0.1, 0.15) is 0 Å². The minimum absolute atomic E-state index is 0. The molecule has 0 aliphatic carbocycles. The van der Waals surface area contributed by atoms with Crippen molar-refractivity contribution >= 4 is 24.4 Å². The molecule has 0 aromatic heterocycles. The van der Waals surface area contributed by atoms with Crippen LogP contribution in [0.3, 0.4) is 0 Å². The van der Waals surface area contributed by atoms with E-state index in [1.165, 1.54) is 6.08 Å². The number of aliphatic hydroxyl groups excluding tert-OH is 1. The van der Waals surface area contributed by atoms with Gasteiger partial charge in [0.15, 0.2) is 0 Å². The second kappa shape index (κ2) is 8.82. The van der Waals surface area contributed by atoms with Gasteiger partial charge in [-0.15, -0.1) is 6.58 Å². The first kappa shape index (κ1) is 9.10. The minimum Gasteiger partial charge on any atom is -0.392 e. The van der Waals surface area contributed by atoms with E-state index in [1.807, 2.05) is 0 Å². The Balaban J connectivity index is 0. The molecule has 29 valence electrons. The van der Waals surface area contributed by atoms with E-state index in [0.29, 0.717) is 0 Å². The van der Waals surface area contributed by atoms with Crippen LogP contribution in [-0.2, 0) is 0 Å². The summed E-state index contributed by atoms with van der Waals surface area (Å²) in [7, 11) is 0. The van der Waals surface area contributed by atoms with Crippen molar-refractivity contribution in [2.24, 2.45) is 0 Å². The fourth-order valence-electron chi connectivity index (χ4n) is 0. The Morgan fingerprint density at radius 1 is 1.80 bits per heavy atom. The second-order valence-corrected chi connectivity index (χ2v) is 0.471. The summed E-state index contributed by atoms with van der Waals surface area (Å²) in [6.07, 6.45) is 1.43. The van der Waals surface area contributed by atoms with E-state index in [0.717, 1.165) is 0 Å². The summed E-state index contributed by atoms with van der Waals surface area (Å²) in [4.78, 5) is 0. The largest absolute Gasteiger partial charge is 0.392 e. The molecule has 0 aromatic carbocycles. The van der Waals surface area contributed by atoms with Crippen LogP contribution >= 0.6 is 0 Å². The maximum Gasteiger partial charge on any atom is 0.0609 e. The van der Waals surface area contributed by atoms with Crippen LogP contribution in [-0.4, -0.2) is 36.1 Å². The number of aliphatic hydroxyl groups is 1. The van der Waals surface area contributed by atoms with E-state index in [-0.39, 0.29) is 31.0 Å². The standard InChI is InChI=1S/C3H6O.Sb/c1-2-3-4;/h2,4H,1,3H2;. The molecule has 5 heavy (non-hydrogen) atoms. The van der Waals surface area contributed by atoms with Crippen LogP contribution in [0.4, 0.5) is 0 Å². The molecule has 1 nitrogen and oxygen atoms in total. The van der Waals surface area contributed by atoms with Gasteiger partial charge in [0.1, 0.15) is 0 Å². The average molecular weight is 180 g/mol. The van der Waals surface area contributed by atoms with Gasteiger partial charge in [-0.05, 0) is 0 Å². The molecule has 0 spiro atoms. The van der Waals surface area contributed by atoms with Crippen molar-refractivity contribution in [3.05, 3.63) is 12.7 Å². The third kappa shape index (κ3) is 12.4. The summed E-state index contributed by atoms with van der Waals surface area (Å²) in [5.74, 6) is 0. The second-order valence-electron chi connectivity index (χ2n) is 0.471. The Morgan fingerprint density at radius 2 is 2.00 bits per heavy atom. The van der Waals surface area contributed by atoms with Crippen molar-refractivity contribution in [2.45, 2.75) is 0 Å². The molecule has 0 rings (SSSR count). The first-order valence-corrected chi connectivity index (χ1v) is 1.13. The van der Waals surface area contributed by atoms with Crippen molar-refractivity contribution in [3.63, 3.8) is 0 Å². The van der Waals surface area contributed by atoms with Gasteiger partial charge in [0.2, 0.25) is 0 Å². The first-order chi connectivity index (χ1) is 1.91. The molecule has 2 heteroatoms. The Bertz CT molecular complexity index is 20.9. The quantitative estimate of drug-likeness (QED) is 0.436. The molecule has 3 radical (unpaired) electrons. The van der Waals surface area contributed by atoms with Gasteiger partial charge >= 0.3 is 0 Å². The Labute approximate surface area is 49.1 Å². The molecule has 0 atom stereocenters. The fourth-order valence-corrected chi connectivity index (χ4v) is 0. The third-order valence-corrected chi connectivity index (χ3v) is 0.129. The Morgan fingerprint density at radius 3 is 2.00 bits per heavy atom. The van der Waals surface area contributed by atoms with Crippen molar-refractivity contribution in [3.8, 4) is 0 Å². The van der Waals surface area contributed by atoms with E-state index in [9.17, 15) is 0 Å². The average Bonchev–Trinajstić information content (AvgIpc) is 1.37. The van der Waals surface area contributed by atoms with Crippen molar-refractivity contribution < 1.29 is 5.11 Å². The molecule has 0 aromatic rings. The smallest absolute Gasteiger partial charge is 0.0609 e. The van der Waals surface area contributed by atoms with Crippen molar-refractivity contribution in [2.75, 3.05) is 6.61 Å². The van der Waals surface area contributed by atoms with Gasteiger partial charge < -0.3 is 5.11 Å². The number of hydrogen-bond donors (Lipinski definition) is 1. The van der Waals surface area contributed by atoms with Crippen LogP contribution in [0, 0.1) is 0 Å². The molecule has 0 heterocycles. The topological polar surface area (TPSA) is 20.2 Å². The van der Waals surface area contributed by atoms with Crippen molar-refractivity contribution in [1.29, 1.82) is 0 Å². The molecule has 0 fully saturated rings. The van der Waals surface area contributed by atoms with Gasteiger partial charge in [0.25, 0.3) is 0 Å². The Kier molecular flexibility index (Phi) is 16.1. The summed E-state index contributed by atoms with van der Waals surface area (Å²) >= 11 is 0. The zero-order valence-electron chi connectivity index (χ0n) is 2.89. The van der Waals surface area contributed by atoms with Gasteiger partial charge in [0.05, 0.1) is 6.61 Å². The van der Waals surface area contributed by atoms with Crippen LogP contribution in [0.5, 0.6) is 0 Å². The van der Waals surface area contributed by atoms with Crippen LogP contribution < -0.4 is 0 Å². The fraction of sp³-hybridized carbons (Fsp3) is 0.333. The van der Waals surface area contributed by atoms with Gasteiger partial charge in [0, 0.05) is 24.4 Å². The molecule has 0 saturated carbocycles. The third-order valence-electron chi connectivity index (χ3n) is 0.129. The van der Waals surface area contributed by atoms with E-state index < -0.39 is 0 Å². The molecule has 0 bridgehead atoms. The van der Waals surface area contributed by atoms with Crippen molar-refractivity contribution in [1.82, 2.24) is 0 Å². The summed E-state index contributed by atoms with van der Waals surface area (Å²) in [5, 5.41) is 7.76. The maximum atomic E-state index is 7.76. The van der Waals surface area contributed by atoms with E-state index in [4.69, 9.17) is 5.11 Å². The summed E-state index contributed by atoms with van der Waals surface area (Å²) in [6.45, 7) is 3.31. The molecule has 0 aliphatic heterocycles. The molecule has 0 amide bonds. The SMILES string of the molecule is C=CCO.[Sb]. The first-order valence-electron chi connectivity index (χ1n) is 1.13. The summed E-state index contributed by atoms with van der Waals surface area (Å²) < 4.78 is 0. The van der Waals surface area contributed by atoms with Crippen LogP contribution in [0.2, 0.25) is 0 Å². The molecule has 0 saturated heterocycles. The number of hydrogen-bond acceptors (Lipinski definition) is 1. The predicted octanol–water partition coefficient (Wildman–Crippen LogP) is -0.216. The normalized spacial score (nSPS) is 5.00. The molecule has 0 unspecified atom stereocenters. The monoisotopic (exact) mass is 179 g/mol. The minimum atomic E-state index is 0. The number of rotatable bonds is 1. The summed E-state index contributed by atoms with van der Waals surface area (Å²) in [5.41, 5.74) is 0. The van der Waals surface area contributed by atoms with E-state index in [2.05, 4.69) is 6.58 Å². The van der Waals surface area contributed by atoms with Gasteiger partial charge in [-0.3, -0.25) is 0 Å². The van der Waals surface area contributed by atoms with E-state index in [1.54, 1.807) is 0 Å².